The molecule has 0 radical (unpaired) electrons. The van der Waals surface area contributed by atoms with Crippen LogP contribution in [0.2, 0.25) is 0 Å². The largest absolute Gasteiger partial charge is 0.465 e. The minimum atomic E-state index is -0.795. The van der Waals surface area contributed by atoms with Crippen molar-refractivity contribution in [2.45, 2.75) is 63.8 Å². The molecule has 1 aliphatic carbocycles. The lowest BCUT2D eigenvalue weighted by atomic mass is 9.95. The minimum Gasteiger partial charge on any atom is -0.465 e. The van der Waals surface area contributed by atoms with Crippen molar-refractivity contribution in [2.75, 3.05) is 11.9 Å². The van der Waals surface area contributed by atoms with Crippen molar-refractivity contribution in [1.82, 2.24) is 20.1 Å². The highest BCUT2D eigenvalue weighted by Gasteiger charge is 2.34. The van der Waals surface area contributed by atoms with Gasteiger partial charge in [-0.3, -0.25) is 9.89 Å². The summed E-state index contributed by atoms with van der Waals surface area (Å²) in [6.45, 7) is 2.45. The Balaban J connectivity index is 1.28. The summed E-state index contributed by atoms with van der Waals surface area (Å²) in [5, 5.41) is 19.4. The molecule has 3 N–H and O–H groups in total. The number of carbonyl (C=O) groups is 2. The number of aromatic nitrogens is 3. The standard InChI is InChI=1S/C20H27N5O4/c1-12-11-21-19(29-12)10-18(26)22-17-9-16(23-24-17)14-5-4-13(7-14)8-15-3-2-6-25(15)20(27)28/h9,11,13-15H,2-8,10H2,1H3,(H,27,28)(H2,22,23,24,26)/t13?,14?,15-/m0/s1. The van der Waals surface area contributed by atoms with Gasteiger partial charge in [0, 0.05) is 30.3 Å². The van der Waals surface area contributed by atoms with Crippen LogP contribution < -0.4 is 5.32 Å². The predicted molar refractivity (Wildman–Crippen MR) is 105 cm³/mol. The van der Waals surface area contributed by atoms with Gasteiger partial charge in [0.1, 0.15) is 12.2 Å². The van der Waals surface area contributed by atoms with Crippen molar-refractivity contribution >= 4 is 17.8 Å². The van der Waals surface area contributed by atoms with Crippen LogP contribution in [0.4, 0.5) is 10.6 Å². The lowest BCUT2D eigenvalue weighted by molar-refractivity contribution is -0.115. The molecule has 2 unspecified atom stereocenters. The molecular weight excluding hydrogens is 374 g/mol. The lowest BCUT2D eigenvalue weighted by Crippen LogP contribution is -2.35. The highest BCUT2D eigenvalue weighted by Crippen LogP contribution is 2.41. The van der Waals surface area contributed by atoms with E-state index in [4.69, 9.17) is 4.42 Å². The third-order valence-electron chi connectivity index (χ3n) is 6.06. The van der Waals surface area contributed by atoms with Crippen molar-refractivity contribution in [3.8, 4) is 0 Å². The molecule has 0 spiro atoms. The number of hydrogen-bond donors (Lipinski definition) is 3. The Morgan fingerprint density at radius 2 is 2.24 bits per heavy atom. The van der Waals surface area contributed by atoms with Gasteiger partial charge in [-0.05, 0) is 51.4 Å². The van der Waals surface area contributed by atoms with Crippen molar-refractivity contribution < 1.29 is 19.1 Å². The molecule has 1 saturated carbocycles. The number of anilines is 1. The summed E-state index contributed by atoms with van der Waals surface area (Å²) in [6, 6.07) is 2.05. The molecular formula is C20H27N5O4. The Hall–Kier alpha value is -2.84. The van der Waals surface area contributed by atoms with Gasteiger partial charge in [0.15, 0.2) is 5.82 Å². The molecule has 1 saturated heterocycles. The summed E-state index contributed by atoms with van der Waals surface area (Å²) in [4.78, 5) is 29.1. The van der Waals surface area contributed by atoms with Crippen LogP contribution in [0.25, 0.3) is 0 Å². The number of nitrogens with zero attached hydrogens (tertiary/aromatic N) is 3. The Labute approximate surface area is 168 Å². The van der Waals surface area contributed by atoms with Crippen molar-refractivity contribution in [1.29, 1.82) is 0 Å². The van der Waals surface area contributed by atoms with Crippen molar-refractivity contribution in [2.24, 2.45) is 5.92 Å². The molecule has 29 heavy (non-hydrogen) atoms. The van der Waals surface area contributed by atoms with Gasteiger partial charge >= 0.3 is 6.09 Å². The summed E-state index contributed by atoms with van der Waals surface area (Å²) in [5.74, 6) is 2.24. The molecule has 3 heterocycles. The maximum absolute atomic E-state index is 12.1. The first-order chi connectivity index (χ1) is 14.0. The highest BCUT2D eigenvalue weighted by atomic mass is 16.4. The van der Waals surface area contributed by atoms with Gasteiger partial charge < -0.3 is 19.7 Å². The van der Waals surface area contributed by atoms with Gasteiger partial charge in [-0.2, -0.15) is 5.10 Å². The van der Waals surface area contributed by atoms with Crippen LogP contribution in [0.3, 0.4) is 0 Å². The summed E-state index contributed by atoms with van der Waals surface area (Å²) >= 11 is 0. The average Bonchev–Trinajstić information content (AvgIpc) is 3.43. The molecule has 3 atom stereocenters. The van der Waals surface area contributed by atoms with E-state index in [0.717, 1.165) is 44.2 Å². The number of rotatable bonds is 6. The molecule has 1 aliphatic heterocycles. The second-order valence-corrected chi connectivity index (χ2v) is 8.18. The SMILES string of the molecule is Cc1cnc(CC(=O)Nc2cc(C3CCC(C[C@@H]4CCCN4C(=O)O)C3)[nH]n2)o1. The molecule has 2 aromatic heterocycles. The summed E-state index contributed by atoms with van der Waals surface area (Å²) in [6.07, 6.45) is 6.91. The number of H-pyrrole nitrogens is 1. The Kier molecular flexibility index (Phi) is 5.55. The molecule has 156 valence electrons. The average molecular weight is 401 g/mol. The van der Waals surface area contributed by atoms with Gasteiger partial charge in [0.25, 0.3) is 0 Å². The minimum absolute atomic E-state index is 0.0724. The van der Waals surface area contributed by atoms with Gasteiger partial charge in [0.2, 0.25) is 11.8 Å². The maximum Gasteiger partial charge on any atom is 0.407 e. The van der Waals surface area contributed by atoms with E-state index in [1.165, 1.54) is 0 Å². The fourth-order valence-electron chi connectivity index (χ4n) is 4.71. The Bertz CT molecular complexity index is 876. The zero-order valence-corrected chi connectivity index (χ0v) is 16.6. The molecule has 2 aromatic rings. The maximum atomic E-state index is 12.1. The third kappa shape index (κ3) is 4.60. The Morgan fingerprint density at radius 3 is 3.00 bits per heavy atom. The fraction of sp³-hybridized carbons (Fsp3) is 0.600. The summed E-state index contributed by atoms with van der Waals surface area (Å²) in [5.41, 5.74) is 1.02. The van der Waals surface area contributed by atoms with Crippen LogP contribution in [0.5, 0.6) is 0 Å². The third-order valence-corrected chi connectivity index (χ3v) is 6.06. The van der Waals surface area contributed by atoms with Crippen LogP contribution in [0.1, 0.15) is 61.8 Å². The second kappa shape index (κ2) is 8.26. The van der Waals surface area contributed by atoms with E-state index in [1.54, 1.807) is 18.0 Å². The number of likely N-dealkylation sites (tertiary alicyclic amines) is 1. The van der Waals surface area contributed by atoms with Crippen LogP contribution in [0, 0.1) is 12.8 Å². The zero-order valence-electron chi connectivity index (χ0n) is 16.6. The van der Waals surface area contributed by atoms with Crippen LogP contribution in [-0.2, 0) is 11.2 Å². The van der Waals surface area contributed by atoms with Crippen LogP contribution in [-0.4, -0.2) is 49.8 Å². The molecule has 2 fully saturated rings. The number of aryl methyl sites for hydroxylation is 1. The molecule has 9 nitrogen and oxygen atoms in total. The van der Waals surface area contributed by atoms with Crippen LogP contribution >= 0.6 is 0 Å². The van der Waals surface area contributed by atoms with E-state index >= 15 is 0 Å². The Morgan fingerprint density at radius 1 is 1.38 bits per heavy atom. The van der Waals surface area contributed by atoms with E-state index in [9.17, 15) is 14.7 Å². The smallest absolute Gasteiger partial charge is 0.407 e. The second-order valence-electron chi connectivity index (χ2n) is 8.18. The van der Waals surface area contributed by atoms with Crippen molar-refractivity contribution in [3.05, 3.63) is 29.6 Å². The summed E-state index contributed by atoms with van der Waals surface area (Å²) < 4.78 is 5.33. The highest BCUT2D eigenvalue weighted by molar-refractivity contribution is 5.90. The number of oxazole rings is 1. The van der Waals surface area contributed by atoms with Gasteiger partial charge in [-0.25, -0.2) is 9.78 Å². The zero-order chi connectivity index (χ0) is 20.4. The van der Waals surface area contributed by atoms with Gasteiger partial charge in [-0.1, -0.05) is 0 Å². The molecule has 9 heteroatoms. The topological polar surface area (TPSA) is 124 Å². The number of hydrogen-bond acceptors (Lipinski definition) is 5. The van der Waals surface area contributed by atoms with Crippen LogP contribution in [0.15, 0.2) is 16.7 Å². The van der Waals surface area contributed by atoms with E-state index in [-0.39, 0.29) is 18.4 Å². The molecule has 2 aliphatic rings. The predicted octanol–water partition coefficient (Wildman–Crippen LogP) is 3.30. The number of carbonyl (C=O) groups excluding carboxylic acids is 1. The molecule has 4 rings (SSSR count). The van der Waals surface area contributed by atoms with E-state index in [1.807, 2.05) is 6.07 Å². The van der Waals surface area contributed by atoms with Gasteiger partial charge in [-0.15, -0.1) is 0 Å². The van der Waals surface area contributed by atoms with E-state index in [0.29, 0.717) is 35.8 Å². The number of carboxylic acid groups (broad SMARTS) is 1. The quantitative estimate of drug-likeness (QED) is 0.682. The molecule has 2 amide bonds. The number of amides is 2. The normalized spacial score (nSPS) is 24.2. The van der Waals surface area contributed by atoms with Gasteiger partial charge in [0.05, 0.1) is 6.20 Å². The van der Waals surface area contributed by atoms with E-state index in [2.05, 4.69) is 20.5 Å². The first-order valence-electron chi connectivity index (χ1n) is 10.2. The first-order valence-corrected chi connectivity index (χ1v) is 10.2. The fourth-order valence-corrected chi connectivity index (χ4v) is 4.71. The first kappa shape index (κ1) is 19.5. The monoisotopic (exact) mass is 401 g/mol. The molecule has 0 bridgehead atoms. The number of aromatic amines is 1. The summed E-state index contributed by atoms with van der Waals surface area (Å²) in [7, 11) is 0. The van der Waals surface area contributed by atoms with E-state index < -0.39 is 6.09 Å². The number of nitrogens with one attached hydrogen (secondary N) is 2. The van der Waals surface area contributed by atoms with Crippen molar-refractivity contribution in [3.63, 3.8) is 0 Å². The molecule has 0 aromatic carbocycles. The lowest BCUT2D eigenvalue weighted by Gasteiger charge is -2.24.